The van der Waals surface area contributed by atoms with Gasteiger partial charge in [-0.1, -0.05) is 29.8 Å². The number of anilines is 3. The summed E-state index contributed by atoms with van der Waals surface area (Å²) in [5.41, 5.74) is 3.70. The molecule has 3 rings (SSSR count). The summed E-state index contributed by atoms with van der Waals surface area (Å²) >= 11 is 0. The summed E-state index contributed by atoms with van der Waals surface area (Å²) in [7, 11) is 0. The molecule has 0 spiro atoms. The van der Waals surface area contributed by atoms with E-state index in [0.29, 0.717) is 29.3 Å². The highest BCUT2D eigenvalue weighted by atomic mass is 16.5. The lowest BCUT2D eigenvalue weighted by atomic mass is 10.1. The molecule has 0 saturated heterocycles. The van der Waals surface area contributed by atoms with Crippen molar-refractivity contribution >= 4 is 28.9 Å². The van der Waals surface area contributed by atoms with Crippen molar-refractivity contribution < 1.29 is 14.3 Å². The molecule has 3 aromatic rings. The van der Waals surface area contributed by atoms with Crippen molar-refractivity contribution in [3.8, 4) is 5.75 Å². The quantitative estimate of drug-likeness (QED) is 0.509. The van der Waals surface area contributed by atoms with Crippen molar-refractivity contribution in [3.05, 3.63) is 83.9 Å². The topological polar surface area (TPSA) is 79.5 Å². The van der Waals surface area contributed by atoms with Gasteiger partial charge in [0.15, 0.2) is 0 Å². The molecule has 30 heavy (non-hydrogen) atoms. The molecule has 3 N–H and O–H groups in total. The first-order valence-corrected chi connectivity index (χ1v) is 9.79. The van der Waals surface area contributed by atoms with Crippen LogP contribution in [0.2, 0.25) is 0 Å². The molecule has 0 aromatic heterocycles. The lowest BCUT2D eigenvalue weighted by molar-refractivity contribution is -0.114. The predicted molar refractivity (Wildman–Crippen MR) is 120 cm³/mol. The van der Waals surface area contributed by atoms with Gasteiger partial charge in [0.05, 0.1) is 18.8 Å². The van der Waals surface area contributed by atoms with Gasteiger partial charge >= 0.3 is 0 Å². The minimum atomic E-state index is -0.183. The maximum absolute atomic E-state index is 12.3. The molecule has 0 fully saturated rings. The van der Waals surface area contributed by atoms with Gasteiger partial charge in [-0.05, 0) is 62.4 Å². The molecule has 6 nitrogen and oxygen atoms in total. The van der Waals surface area contributed by atoms with Crippen molar-refractivity contribution in [1.82, 2.24) is 0 Å². The first-order chi connectivity index (χ1) is 14.5. The van der Waals surface area contributed by atoms with Crippen molar-refractivity contribution in [3.63, 3.8) is 0 Å². The molecule has 0 radical (unpaired) electrons. The zero-order valence-corrected chi connectivity index (χ0v) is 17.1. The van der Waals surface area contributed by atoms with Gasteiger partial charge in [0.1, 0.15) is 5.75 Å². The Balaban J connectivity index is 1.53. The lowest BCUT2D eigenvalue weighted by Crippen LogP contribution is -2.22. The van der Waals surface area contributed by atoms with Crippen LogP contribution < -0.4 is 20.7 Å². The second kappa shape index (κ2) is 10.1. The summed E-state index contributed by atoms with van der Waals surface area (Å²) in [6.45, 7) is 4.52. The van der Waals surface area contributed by atoms with Gasteiger partial charge in [-0.15, -0.1) is 0 Å². The average molecular weight is 403 g/mol. The van der Waals surface area contributed by atoms with Crippen molar-refractivity contribution in [2.24, 2.45) is 0 Å². The molecular weight excluding hydrogens is 378 g/mol. The Morgan fingerprint density at radius 3 is 2.27 bits per heavy atom. The minimum absolute atomic E-state index is 0.107. The fraction of sp³-hybridized carbons (Fsp3) is 0.167. The van der Waals surface area contributed by atoms with Crippen molar-refractivity contribution in [1.29, 1.82) is 0 Å². The number of para-hydroxylation sites is 2. The first-order valence-electron chi connectivity index (χ1n) is 9.79. The highest BCUT2D eigenvalue weighted by Crippen LogP contribution is 2.23. The van der Waals surface area contributed by atoms with Gasteiger partial charge in [0.2, 0.25) is 5.91 Å². The maximum Gasteiger partial charge on any atom is 0.255 e. The minimum Gasteiger partial charge on any atom is -0.492 e. The van der Waals surface area contributed by atoms with Crippen LogP contribution in [-0.2, 0) is 4.79 Å². The SMILES string of the molecule is CCOc1ccccc1NCC(=O)Nc1ccc(NC(=O)c2cccc(C)c2)cc1. The van der Waals surface area contributed by atoms with E-state index in [9.17, 15) is 9.59 Å². The van der Waals surface area contributed by atoms with E-state index in [1.807, 2.05) is 56.3 Å². The van der Waals surface area contributed by atoms with Gasteiger partial charge in [0, 0.05) is 16.9 Å². The monoisotopic (exact) mass is 403 g/mol. The van der Waals surface area contributed by atoms with Gasteiger partial charge in [0.25, 0.3) is 5.91 Å². The summed E-state index contributed by atoms with van der Waals surface area (Å²) in [6.07, 6.45) is 0. The zero-order chi connectivity index (χ0) is 21.3. The predicted octanol–water partition coefficient (Wildman–Crippen LogP) is 4.70. The Bertz CT molecular complexity index is 1020. The third kappa shape index (κ3) is 5.85. The van der Waals surface area contributed by atoms with Crippen LogP contribution in [0.15, 0.2) is 72.8 Å². The maximum atomic E-state index is 12.3. The van der Waals surface area contributed by atoms with E-state index in [4.69, 9.17) is 4.74 Å². The Hall–Kier alpha value is -3.80. The van der Waals surface area contributed by atoms with Crippen LogP contribution >= 0.6 is 0 Å². The van der Waals surface area contributed by atoms with Crippen LogP contribution in [0.3, 0.4) is 0 Å². The molecule has 0 heterocycles. The molecule has 0 atom stereocenters. The average Bonchev–Trinajstić information content (AvgIpc) is 2.75. The normalized spacial score (nSPS) is 10.2. The number of amides is 2. The summed E-state index contributed by atoms with van der Waals surface area (Å²) in [5.74, 6) is 0.354. The van der Waals surface area contributed by atoms with Crippen LogP contribution in [0.5, 0.6) is 5.75 Å². The second-order valence-electron chi connectivity index (χ2n) is 6.73. The number of nitrogens with one attached hydrogen (secondary N) is 3. The fourth-order valence-electron chi connectivity index (χ4n) is 2.90. The Morgan fingerprint density at radius 2 is 1.57 bits per heavy atom. The number of hydrogen-bond acceptors (Lipinski definition) is 4. The highest BCUT2D eigenvalue weighted by molar-refractivity contribution is 6.04. The number of rotatable bonds is 8. The Kier molecular flexibility index (Phi) is 7.05. The fourth-order valence-corrected chi connectivity index (χ4v) is 2.90. The molecule has 3 aromatic carbocycles. The molecule has 0 saturated carbocycles. The van der Waals surface area contributed by atoms with Crippen LogP contribution in [0.25, 0.3) is 0 Å². The number of carbonyl (C=O) groups excluding carboxylic acids is 2. The number of carbonyl (C=O) groups is 2. The number of benzene rings is 3. The largest absolute Gasteiger partial charge is 0.492 e. The van der Waals surface area contributed by atoms with Crippen LogP contribution in [0.1, 0.15) is 22.8 Å². The molecule has 6 heteroatoms. The molecule has 0 aliphatic carbocycles. The molecule has 0 unspecified atom stereocenters. The van der Waals surface area contributed by atoms with E-state index in [1.165, 1.54) is 0 Å². The molecule has 154 valence electrons. The third-order valence-corrected chi connectivity index (χ3v) is 4.33. The number of ether oxygens (including phenoxy) is 1. The standard InChI is InChI=1S/C24H25N3O3/c1-3-30-22-10-5-4-9-21(22)25-16-23(28)26-19-11-13-20(14-12-19)27-24(29)18-8-6-7-17(2)15-18/h4-15,25H,3,16H2,1-2H3,(H,26,28)(H,27,29). The summed E-state index contributed by atoms with van der Waals surface area (Å²) in [6, 6.07) is 21.9. The number of aryl methyl sites for hydroxylation is 1. The molecule has 0 aliphatic rings. The van der Waals surface area contributed by atoms with Crippen LogP contribution in [-0.4, -0.2) is 25.0 Å². The molecule has 2 amide bonds. The van der Waals surface area contributed by atoms with E-state index in [-0.39, 0.29) is 18.4 Å². The highest BCUT2D eigenvalue weighted by Gasteiger charge is 2.08. The second-order valence-corrected chi connectivity index (χ2v) is 6.73. The van der Waals surface area contributed by atoms with Gasteiger partial charge < -0.3 is 20.7 Å². The van der Waals surface area contributed by atoms with Gasteiger partial charge in [-0.25, -0.2) is 0 Å². The molecular formula is C24H25N3O3. The molecule has 0 bridgehead atoms. The summed E-state index contributed by atoms with van der Waals surface area (Å²) in [5, 5.41) is 8.77. The Morgan fingerprint density at radius 1 is 0.867 bits per heavy atom. The molecule has 0 aliphatic heterocycles. The van der Waals surface area contributed by atoms with Crippen LogP contribution in [0.4, 0.5) is 17.1 Å². The third-order valence-electron chi connectivity index (χ3n) is 4.33. The van der Waals surface area contributed by atoms with E-state index in [0.717, 1.165) is 11.3 Å². The zero-order valence-electron chi connectivity index (χ0n) is 17.1. The number of hydrogen-bond donors (Lipinski definition) is 3. The van der Waals surface area contributed by atoms with Gasteiger partial charge in [-0.2, -0.15) is 0 Å². The van der Waals surface area contributed by atoms with Crippen molar-refractivity contribution in [2.45, 2.75) is 13.8 Å². The van der Waals surface area contributed by atoms with Gasteiger partial charge in [-0.3, -0.25) is 9.59 Å². The Labute approximate surface area is 176 Å². The first kappa shape index (κ1) is 20.9. The van der Waals surface area contributed by atoms with Crippen molar-refractivity contribution in [2.75, 3.05) is 29.1 Å². The van der Waals surface area contributed by atoms with E-state index in [2.05, 4.69) is 16.0 Å². The van der Waals surface area contributed by atoms with E-state index >= 15 is 0 Å². The summed E-state index contributed by atoms with van der Waals surface area (Å²) < 4.78 is 5.54. The van der Waals surface area contributed by atoms with Crippen LogP contribution in [0, 0.1) is 6.92 Å². The lowest BCUT2D eigenvalue weighted by Gasteiger charge is -2.12. The van der Waals surface area contributed by atoms with E-state index in [1.54, 1.807) is 30.3 Å². The van der Waals surface area contributed by atoms with E-state index < -0.39 is 0 Å². The smallest absolute Gasteiger partial charge is 0.255 e. The summed E-state index contributed by atoms with van der Waals surface area (Å²) in [4.78, 5) is 24.6.